The Kier molecular flexibility index (Phi) is 3.97. The molecular weight excluding hydrogens is 150 g/mol. The Morgan fingerprint density at radius 3 is 2.55 bits per heavy atom. The van der Waals surface area contributed by atoms with Crippen LogP contribution in [0.2, 0.25) is 0 Å². The van der Waals surface area contributed by atoms with Crippen molar-refractivity contribution in [3.05, 3.63) is 0 Å². The minimum atomic E-state index is -0.571. The number of primary amides is 1. The van der Waals surface area contributed by atoms with E-state index in [0.29, 0.717) is 0 Å². The van der Waals surface area contributed by atoms with Gasteiger partial charge in [-0.3, -0.25) is 9.63 Å². The molecule has 0 atom stereocenters. The molecule has 6 nitrogen and oxygen atoms in total. The van der Waals surface area contributed by atoms with Gasteiger partial charge in [-0.15, -0.1) is 0 Å². The number of likely N-dealkylation sites (N-methyl/N-ethyl adjacent to an activating group) is 1. The van der Waals surface area contributed by atoms with E-state index in [9.17, 15) is 9.59 Å². The number of nitrogens with one attached hydrogen (secondary N) is 1. The van der Waals surface area contributed by atoms with Crippen molar-refractivity contribution in [2.75, 3.05) is 20.7 Å². The normalized spacial score (nSPS) is 8.91. The monoisotopic (exact) mass is 161 g/mol. The van der Waals surface area contributed by atoms with Crippen LogP contribution in [0.4, 0.5) is 4.79 Å². The molecule has 0 aromatic carbocycles. The number of nitrogens with two attached hydrogens (primary N) is 1. The van der Waals surface area contributed by atoms with E-state index in [2.05, 4.69) is 4.84 Å². The van der Waals surface area contributed by atoms with E-state index in [0.717, 1.165) is 4.90 Å². The lowest BCUT2D eigenvalue weighted by Gasteiger charge is -2.13. The summed E-state index contributed by atoms with van der Waals surface area (Å²) in [6.07, 6.45) is 0. The molecule has 11 heavy (non-hydrogen) atoms. The summed E-state index contributed by atoms with van der Waals surface area (Å²) >= 11 is 0. The molecule has 0 aliphatic heterocycles. The zero-order valence-corrected chi connectivity index (χ0v) is 6.46. The molecule has 3 amide bonds. The number of hydroxylamine groups is 1. The quantitative estimate of drug-likeness (QED) is 0.503. The van der Waals surface area contributed by atoms with Crippen LogP contribution in [0.5, 0.6) is 0 Å². The minimum absolute atomic E-state index is 0.130. The SMILES string of the molecule is CONC(=O)N(C)CC(N)=O. The number of hydrogen-bond acceptors (Lipinski definition) is 3. The zero-order chi connectivity index (χ0) is 8.85. The molecule has 0 aromatic heterocycles. The van der Waals surface area contributed by atoms with E-state index in [1.54, 1.807) is 0 Å². The van der Waals surface area contributed by atoms with Crippen LogP contribution in [0.15, 0.2) is 0 Å². The Balaban J connectivity index is 3.73. The third-order valence-corrected chi connectivity index (χ3v) is 0.929. The fourth-order valence-electron chi connectivity index (χ4n) is 0.471. The summed E-state index contributed by atoms with van der Waals surface area (Å²) in [5.74, 6) is -0.571. The summed E-state index contributed by atoms with van der Waals surface area (Å²) in [4.78, 5) is 26.5. The highest BCUT2D eigenvalue weighted by molar-refractivity contribution is 5.82. The maximum Gasteiger partial charge on any atom is 0.341 e. The maximum absolute atomic E-state index is 10.8. The van der Waals surface area contributed by atoms with E-state index in [1.807, 2.05) is 5.48 Å². The Morgan fingerprint density at radius 1 is 1.64 bits per heavy atom. The third kappa shape index (κ3) is 4.15. The van der Waals surface area contributed by atoms with Crippen LogP contribution in [0.1, 0.15) is 0 Å². The highest BCUT2D eigenvalue weighted by Crippen LogP contribution is 1.81. The second kappa shape index (κ2) is 4.51. The standard InChI is InChI=1S/C5H11N3O3/c1-8(3-4(6)9)5(10)7-11-2/h3H2,1-2H3,(H2,6,9)(H,7,10). The lowest BCUT2D eigenvalue weighted by atomic mass is 10.5. The first-order valence-corrected chi connectivity index (χ1v) is 2.90. The number of carbonyl (C=O) groups excluding carboxylic acids is 2. The number of urea groups is 1. The molecule has 0 rings (SSSR count). The van der Waals surface area contributed by atoms with Gasteiger partial charge in [0.25, 0.3) is 0 Å². The number of rotatable bonds is 3. The number of amides is 3. The van der Waals surface area contributed by atoms with Gasteiger partial charge >= 0.3 is 6.03 Å². The molecule has 3 N–H and O–H groups in total. The topological polar surface area (TPSA) is 84.7 Å². The van der Waals surface area contributed by atoms with E-state index in [1.165, 1.54) is 14.2 Å². The summed E-state index contributed by atoms with van der Waals surface area (Å²) in [7, 11) is 2.73. The van der Waals surface area contributed by atoms with Crippen molar-refractivity contribution in [2.45, 2.75) is 0 Å². The molecule has 0 bridgehead atoms. The van der Waals surface area contributed by atoms with Crippen molar-refractivity contribution in [2.24, 2.45) is 5.73 Å². The molecule has 0 heterocycles. The molecule has 64 valence electrons. The lowest BCUT2D eigenvalue weighted by Crippen LogP contribution is -2.41. The predicted molar refractivity (Wildman–Crippen MR) is 37.4 cm³/mol. The maximum atomic E-state index is 10.8. The van der Waals surface area contributed by atoms with Gasteiger partial charge in [0.1, 0.15) is 6.54 Å². The van der Waals surface area contributed by atoms with Gasteiger partial charge in [0, 0.05) is 7.05 Å². The highest BCUT2D eigenvalue weighted by atomic mass is 16.6. The van der Waals surface area contributed by atoms with Gasteiger partial charge in [0.2, 0.25) is 5.91 Å². The second-order valence-electron chi connectivity index (χ2n) is 1.93. The molecule has 6 heteroatoms. The molecule has 0 fully saturated rings. The van der Waals surface area contributed by atoms with Gasteiger partial charge in [-0.1, -0.05) is 0 Å². The van der Waals surface area contributed by atoms with Gasteiger partial charge in [-0.05, 0) is 0 Å². The van der Waals surface area contributed by atoms with Crippen LogP contribution in [0, 0.1) is 0 Å². The molecule has 0 aliphatic rings. The largest absolute Gasteiger partial charge is 0.368 e. The fourth-order valence-corrected chi connectivity index (χ4v) is 0.471. The molecule has 0 spiro atoms. The summed E-state index contributed by atoms with van der Waals surface area (Å²) in [6, 6.07) is -0.508. The summed E-state index contributed by atoms with van der Waals surface area (Å²) in [5.41, 5.74) is 6.86. The van der Waals surface area contributed by atoms with E-state index in [-0.39, 0.29) is 6.54 Å². The van der Waals surface area contributed by atoms with Gasteiger partial charge in [0.15, 0.2) is 0 Å². The lowest BCUT2D eigenvalue weighted by molar-refractivity contribution is -0.118. The number of hydrogen-bond donors (Lipinski definition) is 2. The predicted octanol–water partition coefficient (Wildman–Crippen LogP) is -1.33. The van der Waals surface area contributed by atoms with Gasteiger partial charge < -0.3 is 10.6 Å². The molecule has 0 saturated carbocycles. The molecule has 0 aliphatic carbocycles. The Labute approximate surface area is 64.2 Å². The molecule has 0 aromatic rings. The van der Waals surface area contributed by atoms with Crippen molar-refractivity contribution >= 4 is 11.9 Å². The zero-order valence-electron chi connectivity index (χ0n) is 6.46. The molecule has 0 unspecified atom stereocenters. The first kappa shape index (κ1) is 9.70. The van der Waals surface area contributed by atoms with Crippen LogP contribution in [0.3, 0.4) is 0 Å². The Morgan fingerprint density at radius 2 is 2.18 bits per heavy atom. The van der Waals surface area contributed by atoms with Crippen molar-refractivity contribution in [3.63, 3.8) is 0 Å². The summed E-state index contributed by atoms with van der Waals surface area (Å²) in [6.45, 7) is -0.130. The van der Waals surface area contributed by atoms with Crippen LogP contribution in [0.25, 0.3) is 0 Å². The van der Waals surface area contributed by atoms with Crippen LogP contribution in [-0.4, -0.2) is 37.5 Å². The van der Waals surface area contributed by atoms with E-state index < -0.39 is 11.9 Å². The number of carbonyl (C=O) groups is 2. The summed E-state index contributed by atoms with van der Waals surface area (Å²) in [5, 5.41) is 0. The summed E-state index contributed by atoms with van der Waals surface area (Å²) < 4.78 is 0. The second-order valence-corrected chi connectivity index (χ2v) is 1.93. The number of nitrogens with zero attached hydrogens (tertiary/aromatic N) is 1. The van der Waals surface area contributed by atoms with Crippen molar-refractivity contribution < 1.29 is 14.4 Å². The first-order valence-electron chi connectivity index (χ1n) is 2.90. The van der Waals surface area contributed by atoms with Crippen molar-refractivity contribution in [1.82, 2.24) is 10.4 Å². The highest BCUT2D eigenvalue weighted by Gasteiger charge is 2.08. The van der Waals surface area contributed by atoms with E-state index >= 15 is 0 Å². The minimum Gasteiger partial charge on any atom is -0.368 e. The van der Waals surface area contributed by atoms with E-state index in [4.69, 9.17) is 5.73 Å². The molecule has 0 radical (unpaired) electrons. The third-order valence-electron chi connectivity index (χ3n) is 0.929. The van der Waals surface area contributed by atoms with Crippen molar-refractivity contribution in [1.29, 1.82) is 0 Å². The van der Waals surface area contributed by atoms with Gasteiger partial charge in [-0.25, -0.2) is 10.3 Å². The van der Waals surface area contributed by atoms with Crippen molar-refractivity contribution in [3.8, 4) is 0 Å². The molecule has 0 saturated heterocycles. The van der Waals surface area contributed by atoms with Crippen LogP contribution < -0.4 is 11.2 Å². The van der Waals surface area contributed by atoms with Crippen LogP contribution in [-0.2, 0) is 9.63 Å². The average Bonchev–Trinajstić information content (AvgIpc) is 1.86. The molecular formula is C5H11N3O3. The average molecular weight is 161 g/mol. The first-order chi connectivity index (χ1) is 5.07. The van der Waals surface area contributed by atoms with Crippen LogP contribution >= 0.6 is 0 Å². The van der Waals surface area contributed by atoms with Gasteiger partial charge in [0.05, 0.1) is 7.11 Å². The Bertz CT molecular complexity index is 159. The fraction of sp³-hybridized carbons (Fsp3) is 0.600. The van der Waals surface area contributed by atoms with Gasteiger partial charge in [-0.2, -0.15) is 0 Å². The Hall–Kier alpha value is -1.30. The smallest absolute Gasteiger partial charge is 0.341 e.